The molecule has 0 unspecified atom stereocenters. The Morgan fingerprint density at radius 2 is 2.21 bits per heavy atom. The Hall–Kier alpha value is -1.35. The lowest BCUT2D eigenvalue weighted by atomic mass is 10.2. The predicted octanol–water partition coefficient (Wildman–Crippen LogP) is 1.19. The Balaban J connectivity index is 3.18. The molecule has 3 nitrogen and oxygen atoms in total. The lowest BCUT2D eigenvalue weighted by molar-refractivity contribution is 0.731. The minimum atomic E-state index is 0.0191. The minimum absolute atomic E-state index is 0.0191. The van der Waals surface area contributed by atoms with Crippen molar-refractivity contribution in [3.05, 3.63) is 45.9 Å². The summed E-state index contributed by atoms with van der Waals surface area (Å²) in [5, 5.41) is 0. The molecule has 0 spiro atoms. The third kappa shape index (κ3) is 2.12. The molecule has 1 rings (SSSR count). The summed E-state index contributed by atoms with van der Waals surface area (Å²) in [5.41, 5.74) is 7.12. The van der Waals surface area contributed by atoms with Gasteiger partial charge in [0.1, 0.15) is 0 Å². The zero-order valence-corrected chi connectivity index (χ0v) is 8.66. The third-order valence-electron chi connectivity index (χ3n) is 2.21. The lowest BCUT2D eigenvalue weighted by Crippen LogP contribution is -2.26. The molecule has 0 aromatic carbocycles. The first-order valence-corrected chi connectivity index (χ1v) is 4.71. The monoisotopic (exact) mass is 192 g/mol. The van der Waals surface area contributed by atoms with E-state index in [2.05, 4.69) is 0 Å². The van der Waals surface area contributed by atoms with Crippen molar-refractivity contribution in [2.75, 3.05) is 0 Å². The second-order valence-electron chi connectivity index (χ2n) is 3.19. The Morgan fingerprint density at radius 1 is 1.50 bits per heavy atom. The molecule has 0 atom stereocenters. The normalized spacial score (nSPS) is 11.1. The van der Waals surface area contributed by atoms with Crippen molar-refractivity contribution in [2.45, 2.75) is 26.9 Å². The number of nitrogens with two attached hydrogens (primary N) is 1. The Bertz CT molecular complexity index is 391. The molecule has 1 heterocycles. The van der Waals surface area contributed by atoms with Gasteiger partial charge in [-0.3, -0.25) is 4.79 Å². The van der Waals surface area contributed by atoms with E-state index in [1.54, 1.807) is 10.6 Å². The van der Waals surface area contributed by atoms with Gasteiger partial charge in [-0.15, -0.1) is 0 Å². The van der Waals surface area contributed by atoms with Crippen molar-refractivity contribution >= 4 is 0 Å². The first-order chi connectivity index (χ1) is 6.70. The first-order valence-electron chi connectivity index (χ1n) is 4.71. The van der Waals surface area contributed by atoms with Crippen LogP contribution in [0.25, 0.3) is 0 Å². The molecule has 2 N–H and O–H groups in total. The molecular formula is C11H16N2O. The van der Waals surface area contributed by atoms with Gasteiger partial charge in [-0.1, -0.05) is 18.2 Å². The number of hydrogen-bond donors (Lipinski definition) is 1. The largest absolute Gasteiger partial charge is 0.326 e. The van der Waals surface area contributed by atoms with Crippen LogP contribution in [0, 0.1) is 6.92 Å². The van der Waals surface area contributed by atoms with Crippen LogP contribution < -0.4 is 11.3 Å². The number of pyridine rings is 1. The van der Waals surface area contributed by atoms with E-state index in [1.165, 1.54) is 0 Å². The van der Waals surface area contributed by atoms with Crippen LogP contribution >= 0.6 is 0 Å². The SMILES string of the molecule is C/C=C/Cn1c(C)ccc(CN)c1=O. The number of allylic oxidation sites excluding steroid dienone is 2. The summed E-state index contributed by atoms with van der Waals surface area (Å²) in [6, 6.07) is 3.72. The van der Waals surface area contributed by atoms with E-state index in [9.17, 15) is 4.79 Å². The average molecular weight is 192 g/mol. The molecule has 14 heavy (non-hydrogen) atoms. The summed E-state index contributed by atoms with van der Waals surface area (Å²) in [7, 11) is 0. The standard InChI is InChI=1S/C11H16N2O/c1-3-4-7-13-9(2)5-6-10(8-12)11(13)14/h3-6H,7-8,12H2,1-2H3/b4-3+. The number of nitrogens with zero attached hydrogens (tertiary/aromatic N) is 1. The first kappa shape index (κ1) is 10.7. The Kier molecular flexibility index (Phi) is 3.65. The topological polar surface area (TPSA) is 48.0 Å². The van der Waals surface area contributed by atoms with E-state index in [1.807, 2.05) is 32.1 Å². The number of rotatable bonds is 3. The molecular weight excluding hydrogens is 176 g/mol. The molecule has 76 valence electrons. The van der Waals surface area contributed by atoms with Gasteiger partial charge in [0.2, 0.25) is 0 Å². The molecule has 0 bridgehead atoms. The second kappa shape index (κ2) is 4.77. The van der Waals surface area contributed by atoms with Crippen molar-refractivity contribution in [1.82, 2.24) is 4.57 Å². The maximum atomic E-state index is 11.8. The van der Waals surface area contributed by atoms with E-state index >= 15 is 0 Å². The zero-order chi connectivity index (χ0) is 10.6. The molecule has 3 heteroatoms. The maximum Gasteiger partial charge on any atom is 0.255 e. The smallest absolute Gasteiger partial charge is 0.255 e. The van der Waals surface area contributed by atoms with Crippen LogP contribution in [0.5, 0.6) is 0 Å². The van der Waals surface area contributed by atoms with Gasteiger partial charge in [0.25, 0.3) is 5.56 Å². The summed E-state index contributed by atoms with van der Waals surface area (Å²) in [4.78, 5) is 11.8. The number of hydrogen-bond acceptors (Lipinski definition) is 2. The van der Waals surface area contributed by atoms with Gasteiger partial charge in [0.15, 0.2) is 0 Å². The van der Waals surface area contributed by atoms with Crippen LogP contribution in [-0.4, -0.2) is 4.57 Å². The van der Waals surface area contributed by atoms with Gasteiger partial charge in [-0.25, -0.2) is 0 Å². The molecule has 1 aromatic rings. The maximum absolute atomic E-state index is 11.8. The molecule has 1 aromatic heterocycles. The molecule has 0 saturated heterocycles. The van der Waals surface area contributed by atoms with Crippen LogP contribution in [0.15, 0.2) is 29.1 Å². The van der Waals surface area contributed by atoms with Crippen LogP contribution in [-0.2, 0) is 13.1 Å². The molecule has 0 fully saturated rings. The van der Waals surface area contributed by atoms with Crippen molar-refractivity contribution in [3.8, 4) is 0 Å². The molecule has 0 amide bonds. The van der Waals surface area contributed by atoms with Gasteiger partial charge in [-0.05, 0) is 19.9 Å². The fourth-order valence-corrected chi connectivity index (χ4v) is 1.31. The molecule has 0 aliphatic rings. The number of aryl methyl sites for hydroxylation is 1. The second-order valence-corrected chi connectivity index (χ2v) is 3.19. The zero-order valence-electron chi connectivity index (χ0n) is 8.66. The molecule has 0 aliphatic carbocycles. The van der Waals surface area contributed by atoms with Crippen molar-refractivity contribution in [3.63, 3.8) is 0 Å². The highest BCUT2D eigenvalue weighted by molar-refractivity contribution is 5.15. The Morgan fingerprint density at radius 3 is 2.79 bits per heavy atom. The molecule has 0 saturated carbocycles. The van der Waals surface area contributed by atoms with Crippen molar-refractivity contribution in [2.24, 2.45) is 5.73 Å². The van der Waals surface area contributed by atoms with E-state index in [0.29, 0.717) is 18.7 Å². The number of aromatic nitrogens is 1. The average Bonchev–Trinajstić information content (AvgIpc) is 2.18. The highest BCUT2D eigenvalue weighted by Crippen LogP contribution is 1.98. The van der Waals surface area contributed by atoms with Crippen LogP contribution in [0.3, 0.4) is 0 Å². The quantitative estimate of drug-likeness (QED) is 0.731. The summed E-state index contributed by atoms with van der Waals surface area (Å²) in [5.74, 6) is 0. The molecule has 0 radical (unpaired) electrons. The van der Waals surface area contributed by atoms with E-state index in [0.717, 1.165) is 5.69 Å². The third-order valence-corrected chi connectivity index (χ3v) is 2.21. The van der Waals surface area contributed by atoms with Crippen molar-refractivity contribution in [1.29, 1.82) is 0 Å². The van der Waals surface area contributed by atoms with Crippen LogP contribution in [0.1, 0.15) is 18.2 Å². The summed E-state index contributed by atoms with van der Waals surface area (Å²) in [6.45, 7) is 4.78. The highest BCUT2D eigenvalue weighted by Gasteiger charge is 2.02. The van der Waals surface area contributed by atoms with E-state index in [4.69, 9.17) is 5.73 Å². The molecule has 0 aliphatic heterocycles. The lowest BCUT2D eigenvalue weighted by Gasteiger charge is -2.08. The fourth-order valence-electron chi connectivity index (χ4n) is 1.31. The van der Waals surface area contributed by atoms with Gasteiger partial charge in [0, 0.05) is 24.3 Å². The summed E-state index contributed by atoms with van der Waals surface area (Å²) < 4.78 is 1.72. The van der Waals surface area contributed by atoms with Crippen LogP contribution in [0.4, 0.5) is 0 Å². The van der Waals surface area contributed by atoms with Crippen LogP contribution in [0.2, 0.25) is 0 Å². The summed E-state index contributed by atoms with van der Waals surface area (Å²) in [6.07, 6.45) is 3.88. The van der Waals surface area contributed by atoms with Gasteiger partial charge in [-0.2, -0.15) is 0 Å². The Labute approximate surface area is 83.9 Å². The van der Waals surface area contributed by atoms with E-state index in [-0.39, 0.29) is 5.56 Å². The van der Waals surface area contributed by atoms with Gasteiger partial charge < -0.3 is 10.3 Å². The highest BCUT2D eigenvalue weighted by atomic mass is 16.1. The minimum Gasteiger partial charge on any atom is -0.326 e. The van der Waals surface area contributed by atoms with Crippen molar-refractivity contribution < 1.29 is 0 Å². The van der Waals surface area contributed by atoms with Gasteiger partial charge in [0.05, 0.1) is 0 Å². The summed E-state index contributed by atoms with van der Waals surface area (Å²) >= 11 is 0. The fraction of sp³-hybridized carbons (Fsp3) is 0.364. The van der Waals surface area contributed by atoms with E-state index < -0.39 is 0 Å². The van der Waals surface area contributed by atoms with Gasteiger partial charge >= 0.3 is 0 Å². The predicted molar refractivity (Wildman–Crippen MR) is 58.1 cm³/mol.